The molecular weight excluding hydrogens is 136 g/mol. The highest BCUT2D eigenvalue weighted by Gasteiger charge is 1.91. The van der Waals surface area contributed by atoms with Gasteiger partial charge in [-0.2, -0.15) is 0 Å². The lowest BCUT2D eigenvalue weighted by atomic mass is 10.2. The van der Waals surface area contributed by atoms with Gasteiger partial charge in [0.1, 0.15) is 0 Å². The van der Waals surface area contributed by atoms with Crippen molar-refractivity contribution in [2.75, 3.05) is 0 Å². The van der Waals surface area contributed by atoms with Gasteiger partial charge in [-0.25, -0.2) is 0 Å². The molecule has 0 aromatic carbocycles. The van der Waals surface area contributed by atoms with Gasteiger partial charge in [0.05, 0.1) is 5.69 Å². The van der Waals surface area contributed by atoms with E-state index in [1.54, 1.807) is 18.6 Å². The average Bonchev–Trinajstić information content (AvgIpc) is 1.88. The number of allylic oxidation sites excluding steroid dienone is 1. The summed E-state index contributed by atoms with van der Waals surface area (Å²) in [7, 11) is 0. The summed E-state index contributed by atoms with van der Waals surface area (Å²) >= 11 is 0. The Labute approximate surface area is 68.0 Å². The maximum Gasteiger partial charge on any atom is 0.0626 e. The molecule has 2 heteroatoms. The smallest absolute Gasteiger partial charge is 0.0626 e. The van der Waals surface area contributed by atoms with E-state index in [0.29, 0.717) is 0 Å². The molecule has 2 nitrogen and oxygen atoms in total. The SMILES string of the molecule is C.C=C(C)Cc1cnccn1. The molecule has 0 N–H and O–H groups in total. The zero-order valence-corrected chi connectivity index (χ0v) is 6.04. The molecule has 0 amide bonds. The monoisotopic (exact) mass is 150 g/mol. The first-order valence-corrected chi connectivity index (χ1v) is 3.18. The van der Waals surface area contributed by atoms with Crippen molar-refractivity contribution in [3.63, 3.8) is 0 Å². The predicted octanol–water partition coefficient (Wildman–Crippen LogP) is 2.23. The largest absolute Gasteiger partial charge is 0.261 e. The Bertz CT molecular complexity index is 216. The van der Waals surface area contributed by atoms with Gasteiger partial charge >= 0.3 is 0 Å². The van der Waals surface area contributed by atoms with Gasteiger partial charge in [-0.15, -0.1) is 0 Å². The Morgan fingerprint density at radius 2 is 2.27 bits per heavy atom. The van der Waals surface area contributed by atoms with Crippen LogP contribution in [-0.2, 0) is 6.42 Å². The van der Waals surface area contributed by atoms with E-state index in [4.69, 9.17) is 0 Å². The van der Waals surface area contributed by atoms with Gasteiger partial charge in [-0.3, -0.25) is 9.97 Å². The normalized spacial score (nSPS) is 8.45. The van der Waals surface area contributed by atoms with Crippen LogP contribution >= 0.6 is 0 Å². The molecule has 0 aliphatic rings. The zero-order chi connectivity index (χ0) is 7.40. The maximum atomic E-state index is 4.10. The van der Waals surface area contributed by atoms with Crippen molar-refractivity contribution in [3.8, 4) is 0 Å². The fraction of sp³-hybridized carbons (Fsp3) is 0.333. The molecular formula is C9H14N2. The summed E-state index contributed by atoms with van der Waals surface area (Å²) in [6, 6.07) is 0. The van der Waals surface area contributed by atoms with Gasteiger partial charge in [0.2, 0.25) is 0 Å². The van der Waals surface area contributed by atoms with Crippen LogP contribution in [0.25, 0.3) is 0 Å². The second-order valence-corrected chi connectivity index (χ2v) is 2.33. The molecule has 0 spiro atoms. The third-order valence-electron chi connectivity index (χ3n) is 1.10. The van der Waals surface area contributed by atoms with Crippen LogP contribution in [0.2, 0.25) is 0 Å². The lowest BCUT2D eigenvalue weighted by molar-refractivity contribution is 1.02. The van der Waals surface area contributed by atoms with Crippen molar-refractivity contribution in [1.29, 1.82) is 0 Å². The molecule has 1 rings (SSSR count). The second kappa shape index (κ2) is 4.61. The Balaban J connectivity index is 0.000001000. The summed E-state index contributed by atoms with van der Waals surface area (Å²) in [6.07, 6.45) is 5.95. The minimum atomic E-state index is 0. The van der Waals surface area contributed by atoms with Crippen LogP contribution in [0.4, 0.5) is 0 Å². The minimum absolute atomic E-state index is 0. The Kier molecular flexibility index (Phi) is 4.11. The van der Waals surface area contributed by atoms with Crippen LogP contribution in [0.15, 0.2) is 30.7 Å². The van der Waals surface area contributed by atoms with Gasteiger partial charge < -0.3 is 0 Å². The highest BCUT2D eigenvalue weighted by atomic mass is 14.8. The number of hydrogen-bond acceptors (Lipinski definition) is 2. The molecule has 0 aliphatic carbocycles. The first-order valence-electron chi connectivity index (χ1n) is 3.18. The first kappa shape index (κ1) is 9.82. The van der Waals surface area contributed by atoms with Crippen LogP contribution < -0.4 is 0 Å². The molecule has 0 saturated carbocycles. The zero-order valence-electron chi connectivity index (χ0n) is 6.04. The Morgan fingerprint density at radius 3 is 2.73 bits per heavy atom. The molecule has 0 unspecified atom stereocenters. The third kappa shape index (κ3) is 3.50. The molecule has 0 saturated heterocycles. The van der Waals surface area contributed by atoms with E-state index in [0.717, 1.165) is 17.7 Å². The Morgan fingerprint density at radius 1 is 1.55 bits per heavy atom. The molecule has 1 aromatic heterocycles. The molecule has 60 valence electrons. The number of nitrogens with zero attached hydrogens (tertiary/aromatic N) is 2. The van der Waals surface area contributed by atoms with Gasteiger partial charge in [0.15, 0.2) is 0 Å². The highest BCUT2D eigenvalue weighted by Crippen LogP contribution is 1.98. The summed E-state index contributed by atoms with van der Waals surface area (Å²) in [5.41, 5.74) is 2.09. The second-order valence-electron chi connectivity index (χ2n) is 2.33. The van der Waals surface area contributed by atoms with Crippen molar-refractivity contribution in [1.82, 2.24) is 9.97 Å². The topological polar surface area (TPSA) is 25.8 Å². The lowest BCUT2D eigenvalue weighted by Crippen LogP contribution is -1.89. The van der Waals surface area contributed by atoms with Crippen molar-refractivity contribution in [3.05, 3.63) is 36.4 Å². The van der Waals surface area contributed by atoms with Crippen LogP contribution in [0.1, 0.15) is 20.0 Å². The van der Waals surface area contributed by atoms with E-state index in [-0.39, 0.29) is 7.43 Å². The first-order chi connectivity index (χ1) is 4.79. The standard InChI is InChI=1S/C8H10N2.CH4/c1-7(2)5-8-6-9-3-4-10-8;/h3-4,6H,1,5H2,2H3;1H4. The van der Waals surface area contributed by atoms with E-state index < -0.39 is 0 Å². The van der Waals surface area contributed by atoms with Crippen LogP contribution in [-0.4, -0.2) is 9.97 Å². The summed E-state index contributed by atoms with van der Waals surface area (Å²) in [6.45, 7) is 5.76. The molecule has 1 heterocycles. The van der Waals surface area contributed by atoms with Crippen LogP contribution in [0.5, 0.6) is 0 Å². The lowest BCUT2D eigenvalue weighted by Gasteiger charge is -1.95. The summed E-state index contributed by atoms with van der Waals surface area (Å²) in [5, 5.41) is 0. The summed E-state index contributed by atoms with van der Waals surface area (Å²) in [5.74, 6) is 0. The van der Waals surface area contributed by atoms with E-state index in [2.05, 4.69) is 16.5 Å². The molecule has 0 radical (unpaired) electrons. The van der Waals surface area contributed by atoms with Crippen LogP contribution in [0, 0.1) is 0 Å². The predicted molar refractivity (Wildman–Crippen MR) is 47.3 cm³/mol. The van der Waals surface area contributed by atoms with E-state index in [1.807, 2.05) is 6.92 Å². The van der Waals surface area contributed by atoms with E-state index in [1.165, 1.54) is 0 Å². The van der Waals surface area contributed by atoms with Gasteiger partial charge in [0, 0.05) is 25.0 Å². The minimum Gasteiger partial charge on any atom is -0.261 e. The Hall–Kier alpha value is -1.18. The molecule has 0 aliphatic heterocycles. The molecule has 0 bridgehead atoms. The van der Waals surface area contributed by atoms with Crippen molar-refractivity contribution >= 4 is 0 Å². The van der Waals surface area contributed by atoms with Crippen molar-refractivity contribution < 1.29 is 0 Å². The average molecular weight is 150 g/mol. The summed E-state index contributed by atoms with van der Waals surface area (Å²) in [4.78, 5) is 8.03. The van der Waals surface area contributed by atoms with Crippen LogP contribution in [0.3, 0.4) is 0 Å². The quantitative estimate of drug-likeness (QED) is 0.604. The van der Waals surface area contributed by atoms with Gasteiger partial charge in [0.25, 0.3) is 0 Å². The van der Waals surface area contributed by atoms with E-state index >= 15 is 0 Å². The van der Waals surface area contributed by atoms with Crippen molar-refractivity contribution in [2.24, 2.45) is 0 Å². The van der Waals surface area contributed by atoms with Crippen molar-refractivity contribution in [2.45, 2.75) is 20.8 Å². The number of aromatic nitrogens is 2. The molecule has 11 heavy (non-hydrogen) atoms. The summed E-state index contributed by atoms with van der Waals surface area (Å²) < 4.78 is 0. The van der Waals surface area contributed by atoms with Gasteiger partial charge in [-0.05, 0) is 6.92 Å². The number of rotatable bonds is 2. The number of hydrogen-bond donors (Lipinski definition) is 0. The van der Waals surface area contributed by atoms with E-state index in [9.17, 15) is 0 Å². The molecule has 0 atom stereocenters. The fourth-order valence-corrected chi connectivity index (χ4v) is 0.730. The third-order valence-corrected chi connectivity index (χ3v) is 1.10. The van der Waals surface area contributed by atoms with Gasteiger partial charge in [-0.1, -0.05) is 19.6 Å². The molecule has 0 fully saturated rings. The molecule has 1 aromatic rings. The highest BCUT2D eigenvalue weighted by molar-refractivity contribution is 5.06. The fourth-order valence-electron chi connectivity index (χ4n) is 0.730. The maximum absolute atomic E-state index is 4.10.